The summed E-state index contributed by atoms with van der Waals surface area (Å²) in [6.07, 6.45) is 15.1. The predicted molar refractivity (Wildman–Crippen MR) is 141 cm³/mol. The van der Waals surface area contributed by atoms with Crippen LogP contribution in [-0.2, 0) is 16.1 Å². The van der Waals surface area contributed by atoms with Gasteiger partial charge >= 0.3 is 0 Å². The summed E-state index contributed by atoms with van der Waals surface area (Å²) in [5.41, 5.74) is 0.194. The van der Waals surface area contributed by atoms with Crippen molar-refractivity contribution in [2.75, 3.05) is 33.4 Å². The zero-order valence-electron chi connectivity index (χ0n) is 22.0. The van der Waals surface area contributed by atoms with Gasteiger partial charge < -0.3 is 14.7 Å². The van der Waals surface area contributed by atoms with Gasteiger partial charge in [-0.2, -0.15) is 0 Å². The lowest BCUT2D eigenvalue weighted by molar-refractivity contribution is -0.159. The summed E-state index contributed by atoms with van der Waals surface area (Å²) in [5, 5.41) is 14.0. The molecule has 200 valence electrons. The van der Waals surface area contributed by atoms with Crippen LogP contribution >= 0.6 is 11.3 Å². The predicted octanol–water partition coefficient (Wildman–Crippen LogP) is 4.58. The number of likely N-dealkylation sites (tertiary alicyclic amines) is 2. The number of nitrogens with zero attached hydrogens (tertiary/aromatic N) is 3. The van der Waals surface area contributed by atoms with Crippen molar-refractivity contribution in [1.29, 1.82) is 0 Å². The maximum absolute atomic E-state index is 14.0. The van der Waals surface area contributed by atoms with E-state index in [0.717, 1.165) is 51.4 Å². The molecular formula is C29H45N3O3S. The second-order valence-corrected chi connectivity index (χ2v) is 13.6. The molecule has 6 atom stereocenters. The lowest BCUT2D eigenvalue weighted by atomic mass is 9.57. The van der Waals surface area contributed by atoms with Crippen LogP contribution in [0.5, 0.6) is 0 Å². The molecule has 2 aliphatic heterocycles. The molecule has 7 heteroatoms. The number of methoxy groups -OCH3 is 1. The summed E-state index contributed by atoms with van der Waals surface area (Å²) in [7, 11) is 1.87. The van der Waals surface area contributed by atoms with Gasteiger partial charge in [0.1, 0.15) is 5.01 Å². The fourth-order valence-electron chi connectivity index (χ4n) is 9.34. The molecule has 3 aliphatic carbocycles. The van der Waals surface area contributed by atoms with E-state index in [-0.39, 0.29) is 24.0 Å². The van der Waals surface area contributed by atoms with Gasteiger partial charge in [-0.15, -0.1) is 11.3 Å². The average molecular weight is 516 g/mol. The van der Waals surface area contributed by atoms with Crippen molar-refractivity contribution in [2.45, 2.75) is 89.3 Å². The zero-order chi connectivity index (χ0) is 24.7. The normalized spacial score (nSPS) is 37.1. The molecule has 1 spiro atoms. The minimum absolute atomic E-state index is 0.00925. The Kier molecular flexibility index (Phi) is 7.46. The number of fused-ring (bicyclic) bond motifs is 4. The first-order valence-corrected chi connectivity index (χ1v) is 15.5. The van der Waals surface area contributed by atoms with E-state index < -0.39 is 0 Å². The molecule has 1 aromatic heterocycles. The van der Waals surface area contributed by atoms with Crippen molar-refractivity contribution < 1.29 is 14.6 Å². The Bertz CT molecular complexity index is 880. The lowest BCUT2D eigenvalue weighted by Gasteiger charge is -2.58. The Labute approximate surface area is 220 Å². The van der Waals surface area contributed by atoms with Gasteiger partial charge in [0.05, 0.1) is 25.3 Å². The van der Waals surface area contributed by atoms with Crippen LogP contribution < -0.4 is 0 Å². The summed E-state index contributed by atoms with van der Waals surface area (Å²) in [5.74, 6) is 3.02. The number of hydrogen-bond acceptors (Lipinski definition) is 6. The molecule has 6 rings (SSSR count). The van der Waals surface area contributed by atoms with Crippen molar-refractivity contribution >= 4 is 17.2 Å². The molecule has 5 unspecified atom stereocenters. The van der Waals surface area contributed by atoms with E-state index in [1.165, 1.54) is 56.4 Å². The van der Waals surface area contributed by atoms with E-state index in [9.17, 15) is 9.90 Å². The minimum Gasteiger partial charge on any atom is -0.394 e. The number of aliphatic hydroxyl groups excluding tert-OH is 1. The average Bonchev–Trinajstić information content (AvgIpc) is 3.58. The Morgan fingerprint density at radius 2 is 1.94 bits per heavy atom. The standard InChI is InChI=1S/C29H45N3O3S/c1-35-22-7-8-23-21(15-22)16-24-25(18-33)32(28(34)20-5-3-2-4-6-20)19-29(27(23)24)9-12-31(13-10-29)17-26-30-11-14-36-26/h11,14,20-25,27,33H,2-10,12-13,15-19H2,1H3/t21?,22?,23?,24?,25-,27?/m0/s1. The van der Waals surface area contributed by atoms with Gasteiger partial charge in [0.15, 0.2) is 0 Å². The second-order valence-electron chi connectivity index (χ2n) is 12.6. The quantitative estimate of drug-likeness (QED) is 0.622. The molecular weight excluding hydrogens is 470 g/mol. The zero-order valence-corrected chi connectivity index (χ0v) is 22.8. The van der Waals surface area contributed by atoms with Crippen LogP contribution in [0.3, 0.4) is 0 Å². The van der Waals surface area contributed by atoms with E-state index in [1.807, 2.05) is 13.3 Å². The van der Waals surface area contributed by atoms with Crippen molar-refractivity contribution in [3.63, 3.8) is 0 Å². The first kappa shape index (κ1) is 25.3. The monoisotopic (exact) mass is 515 g/mol. The summed E-state index contributed by atoms with van der Waals surface area (Å²) in [6.45, 7) is 4.13. The highest BCUT2D eigenvalue weighted by atomic mass is 32.1. The third-order valence-corrected chi connectivity index (χ3v) is 11.8. The number of ether oxygens (including phenoxy) is 1. The van der Waals surface area contributed by atoms with Gasteiger partial charge in [-0.25, -0.2) is 4.98 Å². The maximum Gasteiger partial charge on any atom is 0.226 e. The third-order valence-electron chi connectivity index (χ3n) is 11.0. The number of carbonyl (C=O) groups excluding carboxylic acids is 1. The van der Waals surface area contributed by atoms with Crippen molar-refractivity contribution in [3.05, 3.63) is 16.6 Å². The number of piperidine rings is 2. The lowest BCUT2D eigenvalue weighted by Crippen LogP contribution is -2.64. The molecule has 6 nitrogen and oxygen atoms in total. The minimum atomic E-state index is 0.00925. The van der Waals surface area contributed by atoms with Crippen LogP contribution in [0.1, 0.15) is 75.6 Å². The fourth-order valence-corrected chi connectivity index (χ4v) is 10.0. The number of carbonyl (C=O) groups is 1. The van der Waals surface area contributed by atoms with Gasteiger partial charge in [0.25, 0.3) is 0 Å². The van der Waals surface area contributed by atoms with Crippen molar-refractivity contribution in [2.24, 2.45) is 35.0 Å². The molecule has 5 aliphatic rings. The summed E-state index contributed by atoms with van der Waals surface area (Å²) in [4.78, 5) is 23.3. The van der Waals surface area contributed by atoms with Crippen LogP contribution in [0.15, 0.2) is 11.6 Å². The third kappa shape index (κ3) is 4.56. The first-order chi connectivity index (χ1) is 17.6. The summed E-state index contributed by atoms with van der Waals surface area (Å²) in [6, 6.07) is 0.00925. The number of hydrogen-bond donors (Lipinski definition) is 1. The summed E-state index contributed by atoms with van der Waals surface area (Å²) < 4.78 is 5.82. The van der Waals surface area contributed by atoms with Gasteiger partial charge in [-0.3, -0.25) is 9.69 Å². The Hall–Kier alpha value is -1.02. The summed E-state index contributed by atoms with van der Waals surface area (Å²) >= 11 is 1.75. The second kappa shape index (κ2) is 10.6. The molecule has 36 heavy (non-hydrogen) atoms. The first-order valence-electron chi connectivity index (χ1n) is 14.7. The van der Waals surface area contributed by atoms with E-state index in [0.29, 0.717) is 29.8 Å². The smallest absolute Gasteiger partial charge is 0.226 e. The molecule has 3 saturated carbocycles. The molecule has 5 fully saturated rings. The molecule has 0 radical (unpaired) electrons. The SMILES string of the molecule is COC1CCC2C(C1)CC1C2C2(CCN(Cc3nccs3)CC2)CN(C(=O)C2CCCCC2)[C@H]1CO. The number of thiazole rings is 1. The van der Waals surface area contributed by atoms with E-state index in [2.05, 4.69) is 20.2 Å². The number of aliphatic hydroxyl groups is 1. The van der Waals surface area contributed by atoms with Crippen molar-refractivity contribution in [1.82, 2.24) is 14.8 Å². The Balaban J connectivity index is 1.27. The Morgan fingerprint density at radius 1 is 1.14 bits per heavy atom. The molecule has 0 bridgehead atoms. The van der Waals surface area contributed by atoms with E-state index in [4.69, 9.17) is 4.74 Å². The van der Waals surface area contributed by atoms with E-state index >= 15 is 0 Å². The fraction of sp³-hybridized carbons (Fsp3) is 0.862. The largest absolute Gasteiger partial charge is 0.394 e. The molecule has 0 aromatic carbocycles. The highest BCUT2D eigenvalue weighted by molar-refractivity contribution is 7.09. The number of aromatic nitrogens is 1. The molecule has 3 heterocycles. The van der Waals surface area contributed by atoms with Crippen LogP contribution in [0, 0.1) is 35.0 Å². The molecule has 1 aromatic rings. The van der Waals surface area contributed by atoms with Gasteiger partial charge in [-0.1, -0.05) is 19.3 Å². The van der Waals surface area contributed by atoms with E-state index in [1.54, 1.807) is 11.3 Å². The number of amides is 1. The van der Waals surface area contributed by atoms with Crippen LogP contribution in [0.25, 0.3) is 0 Å². The topological polar surface area (TPSA) is 65.9 Å². The molecule has 1 amide bonds. The molecule has 1 N–H and O–H groups in total. The van der Waals surface area contributed by atoms with Gasteiger partial charge in [0, 0.05) is 31.1 Å². The maximum atomic E-state index is 14.0. The van der Waals surface area contributed by atoms with Crippen LogP contribution in [0.4, 0.5) is 0 Å². The molecule has 2 saturated heterocycles. The Morgan fingerprint density at radius 3 is 2.64 bits per heavy atom. The number of rotatable bonds is 5. The van der Waals surface area contributed by atoms with Crippen LogP contribution in [0.2, 0.25) is 0 Å². The highest BCUT2D eigenvalue weighted by Gasteiger charge is 2.61. The van der Waals surface area contributed by atoms with Gasteiger partial charge in [-0.05, 0) is 93.5 Å². The van der Waals surface area contributed by atoms with Crippen molar-refractivity contribution in [3.8, 4) is 0 Å². The highest BCUT2D eigenvalue weighted by Crippen LogP contribution is 2.62. The van der Waals surface area contributed by atoms with Gasteiger partial charge in [0.2, 0.25) is 5.91 Å². The van der Waals surface area contributed by atoms with Crippen LogP contribution in [-0.4, -0.2) is 71.3 Å².